The maximum absolute atomic E-state index is 13.2. The van der Waals surface area contributed by atoms with Gasteiger partial charge >= 0.3 is 6.18 Å². The van der Waals surface area contributed by atoms with Crippen LogP contribution in [0.3, 0.4) is 0 Å². The fourth-order valence-corrected chi connectivity index (χ4v) is 2.62. The molecule has 0 aliphatic rings. The van der Waals surface area contributed by atoms with Gasteiger partial charge < -0.3 is 5.32 Å². The van der Waals surface area contributed by atoms with Gasteiger partial charge in [-0.1, -0.05) is 22.0 Å². The largest absolute Gasteiger partial charge is 0.416 e. The molecule has 0 amide bonds. The van der Waals surface area contributed by atoms with Crippen LogP contribution in [0.5, 0.6) is 0 Å². The summed E-state index contributed by atoms with van der Waals surface area (Å²) in [5.74, 6) is 0. The summed E-state index contributed by atoms with van der Waals surface area (Å²) in [7, 11) is 3.43. The highest BCUT2D eigenvalue weighted by molar-refractivity contribution is 9.10. The van der Waals surface area contributed by atoms with Crippen molar-refractivity contribution in [2.45, 2.75) is 18.6 Å². The van der Waals surface area contributed by atoms with Gasteiger partial charge in [0.2, 0.25) is 0 Å². The van der Waals surface area contributed by atoms with E-state index in [1.165, 1.54) is 6.07 Å². The van der Waals surface area contributed by atoms with Crippen LogP contribution in [0.1, 0.15) is 22.7 Å². The van der Waals surface area contributed by atoms with Crippen molar-refractivity contribution in [1.29, 1.82) is 0 Å². The summed E-state index contributed by atoms with van der Waals surface area (Å²) in [6.07, 6.45) is -0.481. The number of alkyl halides is 3. The van der Waals surface area contributed by atoms with Gasteiger partial charge in [-0.15, -0.1) is 0 Å². The average Bonchev–Trinajstić information content (AvgIpc) is 2.81. The van der Waals surface area contributed by atoms with Crippen LogP contribution in [0, 0.1) is 0 Å². The molecule has 1 N–H and O–H groups in total. The van der Waals surface area contributed by atoms with Gasteiger partial charge in [-0.25, -0.2) is 0 Å². The topological polar surface area (TPSA) is 29.9 Å². The monoisotopic (exact) mass is 361 g/mol. The van der Waals surface area contributed by atoms with Crippen molar-refractivity contribution in [2.75, 3.05) is 7.05 Å². The lowest BCUT2D eigenvalue weighted by atomic mass is 9.95. The molecule has 1 atom stereocenters. The molecule has 114 valence electrons. The van der Waals surface area contributed by atoms with Gasteiger partial charge in [0.1, 0.15) is 0 Å². The van der Waals surface area contributed by atoms with E-state index in [2.05, 4.69) is 26.3 Å². The maximum Gasteiger partial charge on any atom is 0.416 e. The molecule has 1 aromatic heterocycles. The maximum atomic E-state index is 13.2. The van der Waals surface area contributed by atoms with Crippen molar-refractivity contribution in [2.24, 2.45) is 7.05 Å². The number of nitrogens with one attached hydrogen (secondary N) is 1. The highest BCUT2D eigenvalue weighted by atomic mass is 79.9. The zero-order valence-corrected chi connectivity index (χ0v) is 13.2. The van der Waals surface area contributed by atoms with E-state index in [4.69, 9.17) is 0 Å². The molecule has 7 heteroatoms. The fourth-order valence-electron chi connectivity index (χ4n) is 2.26. The number of hydrogen-bond acceptors (Lipinski definition) is 2. The van der Waals surface area contributed by atoms with Gasteiger partial charge in [-0.2, -0.15) is 18.3 Å². The van der Waals surface area contributed by atoms with Crippen molar-refractivity contribution < 1.29 is 13.2 Å². The van der Waals surface area contributed by atoms with Crippen LogP contribution in [0.4, 0.5) is 13.2 Å². The predicted molar refractivity (Wildman–Crippen MR) is 77.9 cm³/mol. The van der Waals surface area contributed by atoms with Gasteiger partial charge in [0, 0.05) is 23.8 Å². The lowest BCUT2D eigenvalue weighted by molar-refractivity contribution is -0.138. The number of aryl methyl sites for hydroxylation is 1. The Morgan fingerprint density at radius 2 is 2.10 bits per heavy atom. The van der Waals surface area contributed by atoms with Crippen molar-refractivity contribution >= 4 is 15.9 Å². The Bertz CT molecular complexity index is 622. The second-order valence-electron chi connectivity index (χ2n) is 4.80. The van der Waals surface area contributed by atoms with Gasteiger partial charge in [0.15, 0.2) is 0 Å². The Labute approximate surface area is 129 Å². The second kappa shape index (κ2) is 6.19. The highest BCUT2D eigenvalue weighted by Gasteiger charge is 2.35. The van der Waals surface area contributed by atoms with Crippen molar-refractivity contribution in [3.63, 3.8) is 0 Å². The Morgan fingerprint density at radius 3 is 2.62 bits per heavy atom. The Kier molecular flexibility index (Phi) is 4.73. The first-order valence-corrected chi connectivity index (χ1v) is 7.12. The average molecular weight is 362 g/mol. The Morgan fingerprint density at radius 1 is 1.38 bits per heavy atom. The Balaban J connectivity index is 2.38. The molecule has 0 aliphatic heterocycles. The van der Waals surface area contributed by atoms with E-state index in [0.717, 1.165) is 11.6 Å². The SMILES string of the molecule is CNC(Cc1cnn(C)c1)c1ccc(Br)cc1C(F)(F)F. The van der Waals surface area contributed by atoms with Crippen LogP contribution in [-0.2, 0) is 19.6 Å². The van der Waals surface area contributed by atoms with Crippen LogP contribution in [0.25, 0.3) is 0 Å². The Hall–Kier alpha value is -1.34. The third-order valence-corrected chi connectivity index (χ3v) is 3.74. The van der Waals surface area contributed by atoms with Crippen LogP contribution in [-0.4, -0.2) is 16.8 Å². The van der Waals surface area contributed by atoms with Crippen LogP contribution in [0.2, 0.25) is 0 Å². The molecule has 0 aliphatic carbocycles. The normalized spacial score (nSPS) is 13.4. The first kappa shape index (κ1) is 16.0. The van der Waals surface area contributed by atoms with E-state index in [0.29, 0.717) is 10.9 Å². The number of likely N-dealkylation sites (N-methyl/N-ethyl adjacent to an activating group) is 1. The standard InChI is InChI=1S/C14H15BrF3N3/c1-19-13(5-9-7-20-21(2)8-9)11-4-3-10(15)6-12(11)14(16,17)18/h3-4,6-8,13,19H,5H2,1-2H3. The lowest BCUT2D eigenvalue weighted by Crippen LogP contribution is -2.22. The molecular weight excluding hydrogens is 347 g/mol. The molecule has 0 spiro atoms. The molecule has 0 fully saturated rings. The van der Waals surface area contributed by atoms with Crippen molar-refractivity contribution in [1.82, 2.24) is 15.1 Å². The van der Waals surface area contributed by atoms with E-state index in [9.17, 15) is 13.2 Å². The predicted octanol–water partition coefficient (Wildman–Crippen LogP) is 3.70. The molecule has 1 heterocycles. The lowest BCUT2D eigenvalue weighted by Gasteiger charge is -2.21. The summed E-state index contributed by atoms with van der Waals surface area (Å²) in [4.78, 5) is 0. The van der Waals surface area contributed by atoms with Crippen LogP contribution >= 0.6 is 15.9 Å². The number of halogens is 4. The minimum Gasteiger partial charge on any atom is -0.313 e. The minimum absolute atomic E-state index is 0.233. The molecule has 1 aromatic carbocycles. The molecule has 0 saturated carbocycles. The molecule has 21 heavy (non-hydrogen) atoms. The zero-order chi connectivity index (χ0) is 15.6. The number of hydrogen-bond donors (Lipinski definition) is 1. The molecule has 0 radical (unpaired) electrons. The molecule has 3 nitrogen and oxygen atoms in total. The first-order valence-electron chi connectivity index (χ1n) is 6.32. The highest BCUT2D eigenvalue weighted by Crippen LogP contribution is 2.37. The van der Waals surface area contributed by atoms with E-state index >= 15 is 0 Å². The summed E-state index contributed by atoms with van der Waals surface area (Å²) in [5, 5.41) is 7.00. The summed E-state index contributed by atoms with van der Waals surface area (Å²) in [6.45, 7) is 0. The number of nitrogens with zero attached hydrogens (tertiary/aromatic N) is 2. The minimum atomic E-state index is -4.39. The van der Waals surface area contributed by atoms with Gasteiger partial charge in [-0.3, -0.25) is 4.68 Å². The first-order chi connectivity index (χ1) is 9.81. The fraction of sp³-hybridized carbons (Fsp3) is 0.357. The van der Waals surface area contributed by atoms with Gasteiger partial charge in [0.05, 0.1) is 11.8 Å². The molecular formula is C14H15BrF3N3. The number of benzene rings is 1. The van der Waals surface area contributed by atoms with Crippen LogP contribution in [0.15, 0.2) is 35.1 Å². The third-order valence-electron chi connectivity index (χ3n) is 3.24. The second-order valence-corrected chi connectivity index (χ2v) is 5.71. The molecule has 2 rings (SSSR count). The summed E-state index contributed by atoms with van der Waals surface area (Å²) in [5.41, 5.74) is 0.491. The van der Waals surface area contributed by atoms with Crippen molar-refractivity contribution in [3.05, 3.63) is 51.8 Å². The molecule has 0 saturated heterocycles. The summed E-state index contributed by atoms with van der Waals surface area (Å²) < 4.78 is 41.7. The third kappa shape index (κ3) is 3.85. The van der Waals surface area contributed by atoms with E-state index < -0.39 is 17.8 Å². The molecule has 2 aromatic rings. The molecule has 1 unspecified atom stereocenters. The number of rotatable bonds is 4. The quantitative estimate of drug-likeness (QED) is 0.899. The van der Waals surface area contributed by atoms with Gasteiger partial charge in [-0.05, 0) is 36.7 Å². The zero-order valence-electron chi connectivity index (χ0n) is 11.6. The summed E-state index contributed by atoms with van der Waals surface area (Å²) in [6, 6.07) is 3.81. The van der Waals surface area contributed by atoms with Crippen molar-refractivity contribution in [3.8, 4) is 0 Å². The van der Waals surface area contributed by atoms with Crippen LogP contribution < -0.4 is 5.32 Å². The van der Waals surface area contributed by atoms with E-state index in [-0.39, 0.29) is 5.56 Å². The number of aromatic nitrogens is 2. The summed E-state index contributed by atoms with van der Waals surface area (Å²) >= 11 is 3.10. The van der Waals surface area contributed by atoms with E-state index in [1.807, 2.05) is 0 Å². The van der Waals surface area contributed by atoms with E-state index in [1.54, 1.807) is 37.2 Å². The molecule has 0 bridgehead atoms. The smallest absolute Gasteiger partial charge is 0.313 e. The van der Waals surface area contributed by atoms with Gasteiger partial charge in [0.25, 0.3) is 0 Å².